The van der Waals surface area contributed by atoms with E-state index in [1.165, 1.54) is 0 Å². The van der Waals surface area contributed by atoms with Crippen molar-refractivity contribution in [2.45, 2.75) is 6.92 Å². The molecule has 0 heterocycles. The van der Waals surface area contributed by atoms with E-state index in [1.54, 1.807) is 12.2 Å². The molecule has 50 valence electrons. The topological polar surface area (TPSA) is 20.2 Å². The molecular weight excluding hydrogens is 112 g/mol. The van der Waals surface area contributed by atoms with E-state index in [4.69, 9.17) is 5.11 Å². The molecule has 0 saturated heterocycles. The van der Waals surface area contributed by atoms with Crippen LogP contribution in [0.3, 0.4) is 0 Å². The zero-order valence-electron chi connectivity index (χ0n) is 5.62. The first-order chi connectivity index (χ1) is 4.41. The molecule has 0 bridgehead atoms. The van der Waals surface area contributed by atoms with Crippen LogP contribution in [0.25, 0.3) is 0 Å². The van der Waals surface area contributed by atoms with Crippen LogP contribution in [0, 0.1) is 0 Å². The van der Waals surface area contributed by atoms with Gasteiger partial charge in [0.25, 0.3) is 0 Å². The Bertz CT molecular complexity index is 121. The predicted molar refractivity (Wildman–Crippen MR) is 40.2 cm³/mol. The van der Waals surface area contributed by atoms with Gasteiger partial charge in [0.1, 0.15) is 0 Å². The van der Waals surface area contributed by atoms with Gasteiger partial charge in [-0.15, -0.1) is 0 Å². The van der Waals surface area contributed by atoms with E-state index < -0.39 is 0 Å². The van der Waals surface area contributed by atoms with Crippen molar-refractivity contribution >= 4 is 0 Å². The van der Waals surface area contributed by atoms with Gasteiger partial charge in [0.2, 0.25) is 0 Å². The highest BCUT2D eigenvalue weighted by Gasteiger charge is 1.60. The minimum Gasteiger partial charge on any atom is -0.392 e. The molecule has 0 aromatic rings. The van der Waals surface area contributed by atoms with Crippen molar-refractivity contribution < 1.29 is 5.11 Å². The van der Waals surface area contributed by atoms with Gasteiger partial charge in [-0.3, -0.25) is 0 Å². The summed E-state index contributed by atoms with van der Waals surface area (Å²) >= 11 is 0. The normalized spacial score (nSPS) is 12.7. The van der Waals surface area contributed by atoms with Crippen LogP contribution < -0.4 is 0 Å². The summed E-state index contributed by atoms with van der Waals surface area (Å²) in [6, 6.07) is 0. The Balaban J connectivity index is 3.35. The third-order valence-electron chi connectivity index (χ3n) is 0.767. The molecule has 0 fully saturated rings. The molecule has 1 nitrogen and oxygen atoms in total. The Hall–Kier alpha value is -0.820. The lowest BCUT2D eigenvalue weighted by atomic mass is 10.4. The lowest BCUT2D eigenvalue weighted by Crippen LogP contribution is -1.66. The van der Waals surface area contributed by atoms with Gasteiger partial charge in [0, 0.05) is 0 Å². The van der Waals surface area contributed by atoms with Gasteiger partial charge in [-0.2, -0.15) is 0 Å². The highest BCUT2D eigenvalue weighted by atomic mass is 16.2. The lowest BCUT2D eigenvalue weighted by molar-refractivity contribution is 0.343. The van der Waals surface area contributed by atoms with Crippen molar-refractivity contribution in [2.75, 3.05) is 6.61 Å². The predicted octanol–water partition coefficient (Wildman–Crippen LogP) is 1.67. The second-order valence-electron chi connectivity index (χ2n) is 1.52. The largest absolute Gasteiger partial charge is 0.392 e. The summed E-state index contributed by atoms with van der Waals surface area (Å²) in [5, 5.41) is 8.28. The van der Waals surface area contributed by atoms with Crippen LogP contribution in [0.15, 0.2) is 36.5 Å². The Morgan fingerprint density at radius 1 is 1.11 bits per heavy atom. The van der Waals surface area contributed by atoms with Gasteiger partial charge in [0.15, 0.2) is 0 Å². The molecule has 0 aliphatic rings. The number of hydrogen-bond acceptors (Lipinski definition) is 1. The molecule has 0 aromatic heterocycles. The third kappa shape index (κ3) is 7.18. The SMILES string of the molecule is CC=C/C=C/C=C/CO. The maximum absolute atomic E-state index is 8.28. The molecule has 0 atom stereocenters. The van der Waals surface area contributed by atoms with Crippen molar-refractivity contribution in [3.05, 3.63) is 36.5 Å². The molecule has 0 unspecified atom stereocenters. The fraction of sp³-hybridized carbons (Fsp3) is 0.250. The average molecular weight is 124 g/mol. The summed E-state index contributed by atoms with van der Waals surface area (Å²) < 4.78 is 0. The van der Waals surface area contributed by atoms with Crippen molar-refractivity contribution in [3.8, 4) is 0 Å². The fourth-order valence-corrected chi connectivity index (χ4v) is 0.379. The lowest BCUT2D eigenvalue weighted by Gasteiger charge is -1.73. The van der Waals surface area contributed by atoms with Gasteiger partial charge in [-0.1, -0.05) is 36.5 Å². The van der Waals surface area contributed by atoms with E-state index in [0.717, 1.165) is 0 Å². The van der Waals surface area contributed by atoms with Crippen LogP contribution in [0.1, 0.15) is 6.92 Å². The minimum absolute atomic E-state index is 0.111. The standard InChI is InChI=1S/C8H12O/c1-2-3-4-5-6-7-8-9/h2-7,9H,8H2,1H3/b3-2?,5-4+,7-6+. The molecule has 0 saturated carbocycles. The van der Waals surface area contributed by atoms with Gasteiger partial charge in [-0.05, 0) is 6.92 Å². The number of allylic oxidation sites excluding steroid dienone is 5. The molecule has 9 heavy (non-hydrogen) atoms. The highest BCUT2D eigenvalue weighted by molar-refractivity contribution is 5.10. The first-order valence-electron chi connectivity index (χ1n) is 2.97. The van der Waals surface area contributed by atoms with Gasteiger partial charge in [-0.25, -0.2) is 0 Å². The van der Waals surface area contributed by atoms with E-state index in [2.05, 4.69) is 0 Å². The van der Waals surface area contributed by atoms with Gasteiger partial charge in [0.05, 0.1) is 6.61 Å². The molecule has 0 radical (unpaired) electrons. The molecule has 0 amide bonds. The van der Waals surface area contributed by atoms with E-state index in [1.807, 2.05) is 31.2 Å². The summed E-state index contributed by atoms with van der Waals surface area (Å²) in [6.45, 7) is 2.07. The summed E-state index contributed by atoms with van der Waals surface area (Å²) in [5.74, 6) is 0. The van der Waals surface area contributed by atoms with E-state index in [9.17, 15) is 0 Å². The minimum atomic E-state index is 0.111. The van der Waals surface area contributed by atoms with Gasteiger partial charge >= 0.3 is 0 Å². The van der Waals surface area contributed by atoms with Gasteiger partial charge < -0.3 is 5.11 Å². The van der Waals surface area contributed by atoms with Crippen LogP contribution >= 0.6 is 0 Å². The average Bonchev–Trinajstić information content (AvgIpc) is 1.89. The van der Waals surface area contributed by atoms with Crippen LogP contribution in [0.5, 0.6) is 0 Å². The number of aliphatic hydroxyl groups is 1. The number of aliphatic hydroxyl groups excluding tert-OH is 1. The van der Waals surface area contributed by atoms with Crippen molar-refractivity contribution in [2.24, 2.45) is 0 Å². The molecule has 0 aliphatic carbocycles. The quantitative estimate of drug-likeness (QED) is 0.567. The molecule has 0 rings (SSSR count). The third-order valence-corrected chi connectivity index (χ3v) is 0.767. The Morgan fingerprint density at radius 3 is 2.33 bits per heavy atom. The Morgan fingerprint density at radius 2 is 1.78 bits per heavy atom. The van der Waals surface area contributed by atoms with Crippen LogP contribution in [-0.2, 0) is 0 Å². The van der Waals surface area contributed by atoms with E-state index in [0.29, 0.717) is 0 Å². The van der Waals surface area contributed by atoms with Crippen LogP contribution in [0.4, 0.5) is 0 Å². The molecule has 0 aromatic carbocycles. The van der Waals surface area contributed by atoms with Crippen LogP contribution in [0.2, 0.25) is 0 Å². The first-order valence-corrected chi connectivity index (χ1v) is 2.97. The van der Waals surface area contributed by atoms with Crippen molar-refractivity contribution in [1.82, 2.24) is 0 Å². The molecular formula is C8H12O. The maximum Gasteiger partial charge on any atom is 0.0615 e. The summed E-state index contributed by atoms with van der Waals surface area (Å²) in [7, 11) is 0. The second kappa shape index (κ2) is 7.18. The monoisotopic (exact) mass is 124 g/mol. The number of hydrogen-bond donors (Lipinski definition) is 1. The van der Waals surface area contributed by atoms with Crippen molar-refractivity contribution in [1.29, 1.82) is 0 Å². The molecule has 0 aliphatic heterocycles. The molecule has 1 heteroatoms. The molecule has 0 spiro atoms. The Kier molecular flexibility index (Phi) is 6.53. The van der Waals surface area contributed by atoms with E-state index in [-0.39, 0.29) is 6.61 Å². The molecule has 1 N–H and O–H groups in total. The second-order valence-corrected chi connectivity index (χ2v) is 1.52. The summed E-state index contributed by atoms with van der Waals surface area (Å²) in [4.78, 5) is 0. The smallest absolute Gasteiger partial charge is 0.0615 e. The zero-order chi connectivity index (χ0) is 6.95. The summed E-state index contributed by atoms with van der Waals surface area (Å²) in [5.41, 5.74) is 0. The fourth-order valence-electron chi connectivity index (χ4n) is 0.379. The zero-order valence-corrected chi connectivity index (χ0v) is 5.62. The Labute approximate surface area is 56.0 Å². The highest BCUT2D eigenvalue weighted by Crippen LogP contribution is 1.78. The summed E-state index contributed by atoms with van der Waals surface area (Å²) in [6.07, 6.45) is 11.1. The number of rotatable bonds is 3. The first kappa shape index (κ1) is 8.18. The van der Waals surface area contributed by atoms with E-state index >= 15 is 0 Å². The van der Waals surface area contributed by atoms with Crippen molar-refractivity contribution in [3.63, 3.8) is 0 Å². The van der Waals surface area contributed by atoms with Crippen LogP contribution in [-0.4, -0.2) is 11.7 Å². The maximum atomic E-state index is 8.28.